The first-order valence-electron chi connectivity index (χ1n) is 7.24. The molecule has 0 aromatic carbocycles. The molecular formula is C14H31Cl2N3O. The molecule has 0 saturated heterocycles. The molecule has 0 heterocycles. The Morgan fingerprint density at radius 3 is 2.35 bits per heavy atom. The average Bonchev–Trinajstić information content (AvgIpc) is 2.81. The van der Waals surface area contributed by atoms with Crippen LogP contribution >= 0.6 is 24.8 Å². The predicted molar refractivity (Wildman–Crippen MR) is 89.8 cm³/mol. The Morgan fingerprint density at radius 1 is 1.30 bits per heavy atom. The number of nitrogens with one attached hydrogen (secondary N) is 1. The second kappa shape index (κ2) is 11.6. The van der Waals surface area contributed by atoms with Crippen molar-refractivity contribution >= 4 is 30.7 Å². The molecule has 6 heteroatoms. The van der Waals surface area contributed by atoms with Gasteiger partial charge in [-0.2, -0.15) is 0 Å². The molecule has 1 rings (SSSR count). The van der Waals surface area contributed by atoms with E-state index in [2.05, 4.69) is 31.1 Å². The SMILES string of the molecule is CC(C)C[C@H](N)C(=O)NCCN(C)C1CCCC1.Cl.Cl. The van der Waals surface area contributed by atoms with E-state index >= 15 is 0 Å². The molecule has 0 aromatic rings. The van der Waals surface area contributed by atoms with Gasteiger partial charge in [-0.1, -0.05) is 26.7 Å². The molecule has 1 saturated carbocycles. The number of hydrogen-bond acceptors (Lipinski definition) is 3. The normalized spacial score (nSPS) is 16.7. The van der Waals surface area contributed by atoms with Crippen molar-refractivity contribution in [3.05, 3.63) is 0 Å². The lowest BCUT2D eigenvalue weighted by Gasteiger charge is -2.24. The number of likely N-dealkylation sites (N-methyl/N-ethyl adjacent to an activating group) is 1. The van der Waals surface area contributed by atoms with Crippen molar-refractivity contribution in [2.75, 3.05) is 20.1 Å². The monoisotopic (exact) mass is 327 g/mol. The van der Waals surface area contributed by atoms with Gasteiger partial charge in [0.05, 0.1) is 6.04 Å². The number of hydrogen-bond donors (Lipinski definition) is 2. The third kappa shape index (κ3) is 8.30. The lowest BCUT2D eigenvalue weighted by molar-refractivity contribution is -0.122. The standard InChI is InChI=1S/C14H29N3O.2ClH/c1-11(2)10-13(15)14(18)16-8-9-17(3)12-6-4-5-7-12;;/h11-13H,4-10,15H2,1-3H3,(H,16,18);2*1H/t13-;;/m0../s1. The largest absolute Gasteiger partial charge is 0.353 e. The highest BCUT2D eigenvalue weighted by Gasteiger charge is 2.19. The van der Waals surface area contributed by atoms with Crippen LogP contribution in [0.15, 0.2) is 0 Å². The van der Waals surface area contributed by atoms with Crippen LogP contribution in [0.1, 0.15) is 46.0 Å². The lowest BCUT2D eigenvalue weighted by Crippen LogP contribution is -2.44. The first-order chi connectivity index (χ1) is 8.50. The van der Waals surface area contributed by atoms with Crippen molar-refractivity contribution in [1.29, 1.82) is 0 Å². The van der Waals surface area contributed by atoms with E-state index in [0.29, 0.717) is 18.5 Å². The molecule has 1 fully saturated rings. The van der Waals surface area contributed by atoms with Crippen molar-refractivity contribution in [2.45, 2.75) is 58.0 Å². The fourth-order valence-electron chi connectivity index (χ4n) is 2.63. The van der Waals surface area contributed by atoms with Gasteiger partial charge in [0.25, 0.3) is 0 Å². The highest BCUT2D eigenvalue weighted by Crippen LogP contribution is 2.21. The molecule has 0 radical (unpaired) electrons. The summed E-state index contributed by atoms with van der Waals surface area (Å²) in [7, 11) is 2.15. The highest BCUT2D eigenvalue weighted by atomic mass is 35.5. The number of carbonyl (C=O) groups is 1. The molecule has 1 amide bonds. The molecule has 4 nitrogen and oxygen atoms in total. The molecule has 20 heavy (non-hydrogen) atoms. The van der Waals surface area contributed by atoms with E-state index in [9.17, 15) is 4.79 Å². The Labute approximate surface area is 136 Å². The summed E-state index contributed by atoms with van der Waals surface area (Å²) in [5, 5.41) is 2.94. The van der Waals surface area contributed by atoms with Crippen LogP contribution in [0, 0.1) is 5.92 Å². The minimum atomic E-state index is -0.359. The number of carbonyl (C=O) groups excluding carboxylic acids is 1. The van der Waals surface area contributed by atoms with Gasteiger partial charge < -0.3 is 16.0 Å². The molecular weight excluding hydrogens is 297 g/mol. The second-order valence-corrected chi connectivity index (χ2v) is 5.95. The molecule has 3 N–H and O–H groups in total. The molecule has 122 valence electrons. The zero-order valence-corrected chi connectivity index (χ0v) is 14.6. The third-order valence-corrected chi connectivity index (χ3v) is 3.77. The molecule has 0 aromatic heterocycles. The first kappa shape index (κ1) is 22.3. The van der Waals surface area contributed by atoms with E-state index in [1.807, 2.05) is 0 Å². The average molecular weight is 328 g/mol. The summed E-state index contributed by atoms with van der Waals surface area (Å²) < 4.78 is 0. The predicted octanol–water partition coefficient (Wildman–Crippen LogP) is 2.19. The maximum atomic E-state index is 11.7. The summed E-state index contributed by atoms with van der Waals surface area (Å²) in [6, 6.07) is 0.355. The fourth-order valence-corrected chi connectivity index (χ4v) is 2.63. The Kier molecular flexibility index (Phi) is 12.9. The van der Waals surface area contributed by atoms with Crippen molar-refractivity contribution in [1.82, 2.24) is 10.2 Å². The van der Waals surface area contributed by atoms with E-state index in [1.165, 1.54) is 25.7 Å². The van der Waals surface area contributed by atoms with E-state index in [4.69, 9.17) is 5.73 Å². The first-order valence-corrected chi connectivity index (χ1v) is 7.24. The van der Waals surface area contributed by atoms with Crippen LogP contribution in [0.25, 0.3) is 0 Å². The summed E-state index contributed by atoms with van der Waals surface area (Å²) in [5.74, 6) is 0.454. The maximum absolute atomic E-state index is 11.7. The number of nitrogens with two attached hydrogens (primary N) is 1. The molecule has 1 atom stereocenters. The van der Waals surface area contributed by atoms with Gasteiger partial charge >= 0.3 is 0 Å². The number of rotatable bonds is 7. The quantitative estimate of drug-likeness (QED) is 0.753. The van der Waals surface area contributed by atoms with Crippen LogP contribution in [0.2, 0.25) is 0 Å². The minimum Gasteiger partial charge on any atom is -0.353 e. The van der Waals surface area contributed by atoms with Crippen LogP contribution in [-0.4, -0.2) is 43.0 Å². The van der Waals surface area contributed by atoms with Gasteiger partial charge in [0.15, 0.2) is 0 Å². The minimum absolute atomic E-state index is 0. The Hall–Kier alpha value is -0.0300. The summed E-state index contributed by atoms with van der Waals surface area (Å²) >= 11 is 0. The van der Waals surface area contributed by atoms with Gasteiger partial charge in [0.1, 0.15) is 0 Å². The highest BCUT2D eigenvalue weighted by molar-refractivity contribution is 5.85. The zero-order valence-electron chi connectivity index (χ0n) is 12.9. The molecule has 1 aliphatic rings. The number of amides is 1. The zero-order chi connectivity index (χ0) is 13.5. The number of halogens is 2. The summed E-state index contributed by atoms with van der Waals surface area (Å²) in [4.78, 5) is 14.1. The fraction of sp³-hybridized carbons (Fsp3) is 0.929. The summed E-state index contributed by atoms with van der Waals surface area (Å²) in [6.07, 6.45) is 6.06. The Balaban J connectivity index is 0. The van der Waals surface area contributed by atoms with E-state index in [0.717, 1.165) is 13.0 Å². The lowest BCUT2D eigenvalue weighted by atomic mass is 10.0. The third-order valence-electron chi connectivity index (χ3n) is 3.77. The summed E-state index contributed by atoms with van der Waals surface area (Å²) in [6.45, 7) is 5.80. The van der Waals surface area contributed by atoms with Gasteiger partial charge in [-0.3, -0.25) is 4.79 Å². The second-order valence-electron chi connectivity index (χ2n) is 5.95. The van der Waals surface area contributed by atoms with Gasteiger partial charge in [-0.15, -0.1) is 24.8 Å². The van der Waals surface area contributed by atoms with Crippen LogP contribution in [-0.2, 0) is 4.79 Å². The molecule has 0 spiro atoms. The smallest absolute Gasteiger partial charge is 0.236 e. The summed E-state index contributed by atoms with van der Waals surface area (Å²) in [5.41, 5.74) is 5.83. The van der Waals surface area contributed by atoms with E-state index < -0.39 is 0 Å². The van der Waals surface area contributed by atoms with E-state index in [1.54, 1.807) is 0 Å². The van der Waals surface area contributed by atoms with Crippen LogP contribution < -0.4 is 11.1 Å². The van der Waals surface area contributed by atoms with Gasteiger partial charge in [-0.05, 0) is 32.2 Å². The van der Waals surface area contributed by atoms with Gasteiger partial charge in [-0.25, -0.2) is 0 Å². The maximum Gasteiger partial charge on any atom is 0.236 e. The molecule has 0 unspecified atom stereocenters. The van der Waals surface area contributed by atoms with Crippen LogP contribution in [0.5, 0.6) is 0 Å². The Morgan fingerprint density at radius 2 is 1.85 bits per heavy atom. The van der Waals surface area contributed by atoms with Crippen LogP contribution in [0.3, 0.4) is 0 Å². The molecule has 0 aliphatic heterocycles. The van der Waals surface area contributed by atoms with Crippen LogP contribution in [0.4, 0.5) is 0 Å². The van der Waals surface area contributed by atoms with Gasteiger partial charge in [0.2, 0.25) is 5.91 Å². The molecule has 1 aliphatic carbocycles. The van der Waals surface area contributed by atoms with Crippen molar-refractivity contribution in [2.24, 2.45) is 11.7 Å². The van der Waals surface area contributed by atoms with Gasteiger partial charge in [0, 0.05) is 19.1 Å². The van der Waals surface area contributed by atoms with Crippen molar-refractivity contribution < 1.29 is 4.79 Å². The Bertz CT molecular complexity index is 259. The topological polar surface area (TPSA) is 58.4 Å². The van der Waals surface area contributed by atoms with E-state index in [-0.39, 0.29) is 36.8 Å². The molecule has 0 bridgehead atoms. The van der Waals surface area contributed by atoms with Crippen molar-refractivity contribution in [3.8, 4) is 0 Å². The number of nitrogens with zero attached hydrogens (tertiary/aromatic N) is 1. The van der Waals surface area contributed by atoms with Crippen molar-refractivity contribution in [3.63, 3.8) is 0 Å².